The smallest absolute Gasteiger partial charge is 0.0411 e. The van der Waals surface area contributed by atoms with Crippen LogP contribution in [0.15, 0.2) is 24.3 Å². The molecule has 2 rings (SSSR count). The van der Waals surface area contributed by atoms with Crippen LogP contribution in [0.3, 0.4) is 0 Å². The number of benzene rings is 1. The lowest BCUT2D eigenvalue weighted by Crippen LogP contribution is -2.37. The maximum Gasteiger partial charge on any atom is 0.0411 e. The Morgan fingerprint density at radius 1 is 1.29 bits per heavy atom. The molecular weight excluding hydrogens is 194 g/mol. The summed E-state index contributed by atoms with van der Waals surface area (Å²) in [5, 5.41) is 0. The zero-order chi connectivity index (χ0) is 9.97. The second-order valence-corrected chi connectivity index (χ2v) is 5.37. The number of nitrogens with zero attached hydrogens (tertiary/aromatic N) is 1. The molecule has 1 heterocycles. The average molecular weight is 209 g/mol. The van der Waals surface area contributed by atoms with Gasteiger partial charge in [-0.05, 0) is 24.6 Å². The number of hydrogen-bond acceptors (Lipinski definition) is 2. The highest BCUT2D eigenvalue weighted by molar-refractivity contribution is 7.85. The number of aryl methyl sites for hydroxylation is 1. The van der Waals surface area contributed by atoms with E-state index >= 15 is 0 Å². The molecule has 2 nitrogen and oxygen atoms in total. The van der Waals surface area contributed by atoms with E-state index in [1.165, 1.54) is 11.3 Å². The van der Waals surface area contributed by atoms with Crippen LogP contribution in [0.25, 0.3) is 0 Å². The molecule has 0 saturated carbocycles. The minimum absolute atomic E-state index is 0.582. The molecule has 1 saturated heterocycles. The predicted molar refractivity (Wildman–Crippen MR) is 61.3 cm³/mol. The van der Waals surface area contributed by atoms with Crippen molar-refractivity contribution < 1.29 is 4.21 Å². The lowest BCUT2D eigenvalue weighted by Gasteiger charge is -2.28. The Hall–Kier alpha value is -0.830. The van der Waals surface area contributed by atoms with E-state index in [0.717, 1.165) is 24.6 Å². The molecule has 0 bridgehead atoms. The Bertz CT molecular complexity index is 341. The minimum atomic E-state index is -0.582. The van der Waals surface area contributed by atoms with Gasteiger partial charge in [0.2, 0.25) is 0 Å². The van der Waals surface area contributed by atoms with Crippen molar-refractivity contribution in [3.63, 3.8) is 0 Å². The summed E-state index contributed by atoms with van der Waals surface area (Å²) in [6, 6.07) is 8.50. The van der Waals surface area contributed by atoms with Gasteiger partial charge in [-0.15, -0.1) is 0 Å². The first-order valence-corrected chi connectivity index (χ1v) is 6.41. The van der Waals surface area contributed by atoms with Crippen molar-refractivity contribution in [1.29, 1.82) is 0 Å². The number of rotatable bonds is 1. The fraction of sp³-hybridized carbons (Fsp3) is 0.455. The second kappa shape index (κ2) is 4.13. The van der Waals surface area contributed by atoms with Gasteiger partial charge in [0.1, 0.15) is 0 Å². The molecule has 0 amide bonds. The predicted octanol–water partition coefficient (Wildman–Crippen LogP) is 1.56. The van der Waals surface area contributed by atoms with Gasteiger partial charge in [-0.3, -0.25) is 4.21 Å². The molecule has 1 aromatic rings. The maximum absolute atomic E-state index is 11.2. The Morgan fingerprint density at radius 3 is 2.64 bits per heavy atom. The Morgan fingerprint density at radius 2 is 2.00 bits per heavy atom. The second-order valence-electron chi connectivity index (χ2n) is 3.67. The van der Waals surface area contributed by atoms with Crippen LogP contribution in [0.2, 0.25) is 0 Å². The largest absolute Gasteiger partial charge is 0.370 e. The molecule has 1 aliphatic heterocycles. The summed E-state index contributed by atoms with van der Waals surface area (Å²) in [5.74, 6) is 1.63. The van der Waals surface area contributed by atoms with E-state index in [2.05, 4.69) is 36.1 Å². The van der Waals surface area contributed by atoms with Crippen molar-refractivity contribution in [2.24, 2.45) is 0 Å². The topological polar surface area (TPSA) is 20.3 Å². The highest BCUT2D eigenvalue weighted by atomic mass is 32.2. The van der Waals surface area contributed by atoms with E-state index in [1.54, 1.807) is 0 Å². The molecule has 0 radical (unpaired) electrons. The molecule has 0 spiro atoms. The van der Waals surface area contributed by atoms with Crippen LogP contribution in [0.5, 0.6) is 0 Å². The zero-order valence-electron chi connectivity index (χ0n) is 8.40. The van der Waals surface area contributed by atoms with Gasteiger partial charge in [0.25, 0.3) is 0 Å². The minimum Gasteiger partial charge on any atom is -0.370 e. The summed E-state index contributed by atoms with van der Waals surface area (Å²) in [7, 11) is -0.582. The SMILES string of the molecule is Cc1cccc(N2CCS(=O)CC2)c1. The van der Waals surface area contributed by atoms with Gasteiger partial charge in [-0.25, -0.2) is 0 Å². The van der Waals surface area contributed by atoms with Gasteiger partial charge in [-0.1, -0.05) is 12.1 Å². The first kappa shape index (κ1) is 9.71. The normalized spacial score (nSPS) is 18.5. The molecule has 0 unspecified atom stereocenters. The first-order valence-electron chi connectivity index (χ1n) is 4.92. The molecule has 1 aliphatic rings. The summed E-state index contributed by atoms with van der Waals surface area (Å²) >= 11 is 0. The third-order valence-corrected chi connectivity index (χ3v) is 3.82. The fourth-order valence-corrected chi connectivity index (χ4v) is 2.77. The van der Waals surface area contributed by atoms with E-state index in [0.29, 0.717) is 0 Å². The van der Waals surface area contributed by atoms with Crippen LogP contribution in [-0.4, -0.2) is 28.8 Å². The lowest BCUT2D eigenvalue weighted by molar-refractivity contribution is 0.673. The summed E-state index contributed by atoms with van der Waals surface area (Å²) < 4.78 is 11.2. The van der Waals surface area contributed by atoms with Crippen LogP contribution < -0.4 is 4.90 Å². The molecule has 1 fully saturated rings. The summed E-state index contributed by atoms with van der Waals surface area (Å²) in [6.07, 6.45) is 0. The van der Waals surface area contributed by atoms with Gasteiger partial charge in [0.05, 0.1) is 0 Å². The van der Waals surface area contributed by atoms with Crippen LogP contribution in [0.4, 0.5) is 5.69 Å². The highest BCUT2D eigenvalue weighted by Gasteiger charge is 2.14. The van der Waals surface area contributed by atoms with Crippen LogP contribution in [0, 0.1) is 6.92 Å². The van der Waals surface area contributed by atoms with Crippen LogP contribution in [0.1, 0.15) is 5.56 Å². The van der Waals surface area contributed by atoms with E-state index in [9.17, 15) is 4.21 Å². The molecule has 0 atom stereocenters. The monoisotopic (exact) mass is 209 g/mol. The molecular formula is C11H15NOS. The summed E-state index contributed by atoms with van der Waals surface area (Å²) in [5.41, 5.74) is 2.55. The third-order valence-electron chi connectivity index (χ3n) is 2.54. The number of hydrogen-bond donors (Lipinski definition) is 0. The maximum atomic E-state index is 11.2. The quantitative estimate of drug-likeness (QED) is 0.699. The van der Waals surface area contributed by atoms with Crippen molar-refractivity contribution in [3.05, 3.63) is 29.8 Å². The summed E-state index contributed by atoms with van der Waals surface area (Å²) in [6.45, 7) is 3.96. The fourth-order valence-electron chi connectivity index (χ4n) is 1.72. The zero-order valence-corrected chi connectivity index (χ0v) is 9.22. The van der Waals surface area contributed by atoms with E-state index in [-0.39, 0.29) is 0 Å². The highest BCUT2D eigenvalue weighted by Crippen LogP contribution is 2.17. The average Bonchev–Trinajstić information content (AvgIpc) is 2.19. The van der Waals surface area contributed by atoms with Gasteiger partial charge < -0.3 is 4.90 Å². The van der Waals surface area contributed by atoms with Gasteiger partial charge >= 0.3 is 0 Å². The third kappa shape index (κ3) is 2.15. The van der Waals surface area contributed by atoms with E-state index < -0.39 is 10.8 Å². The Kier molecular flexibility index (Phi) is 2.87. The van der Waals surface area contributed by atoms with E-state index in [1.807, 2.05) is 0 Å². The van der Waals surface area contributed by atoms with Crippen molar-refractivity contribution in [3.8, 4) is 0 Å². The molecule has 76 valence electrons. The van der Waals surface area contributed by atoms with Crippen molar-refractivity contribution in [2.75, 3.05) is 29.5 Å². The Labute approximate surface area is 87.4 Å². The molecule has 0 aromatic heterocycles. The van der Waals surface area contributed by atoms with Crippen LogP contribution in [-0.2, 0) is 10.8 Å². The van der Waals surface area contributed by atoms with Gasteiger partial charge in [0.15, 0.2) is 0 Å². The van der Waals surface area contributed by atoms with Crippen molar-refractivity contribution in [1.82, 2.24) is 0 Å². The molecule has 3 heteroatoms. The molecule has 0 N–H and O–H groups in total. The van der Waals surface area contributed by atoms with Gasteiger partial charge in [0, 0.05) is 41.1 Å². The van der Waals surface area contributed by atoms with Crippen LogP contribution >= 0.6 is 0 Å². The first-order chi connectivity index (χ1) is 6.75. The molecule has 0 aliphatic carbocycles. The van der Waals surface area contributed by atoms with Gasteiger partial charge in [-0.2, -0.15) is 0 Å². The van der Waals surface area contributed by atoms with Crippen molar-refractivity contribution >= 4 is 16.5 Å². The summed E-state index contributed by atoms with van der Waals surface area (Å²) in [4.78, 5) is 2.31. The Balaban J connectivity index is 2.12. The van der Waals surface area contributed by atoms with Crippen molar-refractivity contribution in [2.45, 2.75) is 6.92 Å². The lowest BCUT2D eigenvalue weighted by atomic mass is 10.2. The molecule has 1 aromatic carbocycles. The molecule has 14 heavy (non-hydrogen) atoms. The standard InChI is InChI=1S/C11H15NOS/c1-10-3-2-4-11(9-10)12-5-7-14(13)8-6-12/h2-4,9H,5-8H2,1H3. The number of anilines is 1. The van der Waals surface area contributed by atoms with E-state index in [4.69, 9.17) is 0 Å².